The fourth-order valence-corrected chi connectivity index (χ4v) is 2.67. The predicted molar refractivity (Wildman–Crippen MR) is 90.1 cm³/mol. The van der Waals surface area contributed by atoms with Crippen molar-refractivity contribution >= 4 is 5.97 Å². The molecule has 0 fully saturated rings. The van der Waals surface area contributed by atoms with Gasteiger partial charge in [0.2, 0.25) is 0 Å². The number of hydrogen-bond donors (Lipinski definition) is 3. The molecule has 2 atom stereocenters. The Hall–Kier alpha value is -2.17. The zero-order chi connectivity index (χ0) is 16.9. The number of rotatable bonds is 7. The van der Waals surface area contributed by atoms with Crippen molar-refractivity contribution in [2.75, 3.05) is 0 Å². The fraction of sp³-hybridized carbons (Fsp3) is 0.316. The molecule has 0 aliphatic carbocycles. The van der Waals surface area contributed by atoms with Crippen molar-refractivity contribution in [3.63, 3.8) is 0 Å². The van der Waals surface area contributed by atoms with Crippen LogP contribution in [0.2, 0.25) is 0 Å². The van der Waals surface area contributed by atoms with Crippen molar-refractivity contribution in [1.29, 1.82) is 0 Å². The van der Waals surface area contributed by atoms with Gasteiger partial charge in [-0.25, -0.2) is 0 Å². The molecular formula is C19H23NO3. The van der Waals surface area contributed by atoms with E-state index in [0.717, 1.165) is 11.1 Å². The molecule has 2 unspecified atom stereocenters. The molecule has 0 spiro atoms. The van der Waals surface area contributed by atoms with Crippen molar-refractivity contribution in [2.24, 2.45) is 5.73 Å². The summed E-state index contributed by atoms with van der Waals surface area (Å²) in [7, 11) is 0. The summed E-state index contributed by atoms with van der Waals surface area (Å²) in [6.07, 6.45) is 0.909. The van der Waals surface area contributed by atoms with Gasteiger partial charge in [-0.15, -0.1) is 0 Å². The van der Waals surface area contributed by atoms with Gasteiger partial charge in [0.25, 0.3) is 0 Å². The van der Waals surface area contributed by atoms with Gasteiger partial charge in [0, 0.05) is 6.42 Å². The summed E-state index contributed by atoms with van der Waals surface area (Å²) in [5, 5.41) is 20.5. The van der Waals surface area contributed by atoms with Crippen LogP contribution in [0, 0.1) is 0 Å². The number of aliphatic hydroxyl groups is 1. The van der Waals surface area contributed by atoms with E-state index in [9.17, 15) is 15.0 Å². The molecule has 4 heteroatoms. The fourth-order valence-electron chi connectivity index (χ4n) is 2.67. The first kappa shape index (κ1) is 17.2. The molecule has 0 radical (unpaired) electrons. The van der Waals surface area contributed by atoms with Crippen LogP contribution in [0.4, 0.5) is 0 Å². The van der Waals surface area contributed by atoms with Crippen LogP contribution in [0.3, 0.4) is 0 Å². The highest BCUT2D eigenvalue weighted by Crippen LogP contribution is 2.29. The first-order valence-corrected chi connectivity index (χ1v) is 7.68. The second-order valence-corrected chi connectivity index (χ2v) is 6.20. The lowest BCUT2D eigenvalue weighted by atomic mass is 9.74. The number of carbonyl (C=O) groups is 1. The van der Waals surface area contributed by atoms with Crippen LogP contribution < -0.4 is 5.73 Å². The zero-order valence-electron chi connectivity index (χ0n) is 13.3. The van der Waals surface area contributed by atoms with Crippen molar-refractivity contribution in [2.45, 2.75) is 37.3 Å². The first-order chi connectivity index (χ1) is 10.8. The van der Waals surface area contributed by atoms with Crippen molar-refractivity contribution < 1.29 is 15.0 Å². The summed E-state index contributed by atoms with van der Waals surface area (Å²) in [6, 6.07) is 18.8. The Morgan fingerprint density at radius 2 is 1.48 bits per heavy atom. The van der Waals surface area contributed by atoms with Gasteiger partial charge in [-0.1, -0.05) is 60.7 Å². The molecule has 2 rings (SSSR count). The van der Waals surface area contributed by atoms with E-state index in [4.69, 9.17) is 5.73 Å². The highest BCUT2D eigenvalue weighted by atomic mass is 16.4. The Labute approximate surface area is 136 Å². The number of hydrogen-bond acceptors (Lipinski definition) is 3. The van der Waals surface area contributed by atoms with E-state index in [1.165, 1.54) is 6.92 Å². The molecule has 122 valence electrons. The minimum absolute atomic E-state index is 0.0744. The summed E-state index contributed by atoms with van der Waals surface area (Å²) < 4.78 is 0. The number of benzene rings is 2. The summed E-state index contributed by atoms with van der Waals surface area (Å²) >= 11 is 0. The van der Waals surface area contributed by atoms with E-state index in [1.807, 2.05) is 60.7 Å². The van der Waals surface area contributed by atoms with Crippen molar-refractivity contribution in [3.05, 3.63) is 71.8 Å². The average Bonchev–Trinajstić information content (AvgIpc) is 2.54. The summed E-state index contributed by atoms with van der Waals surface area (Å²) in [6.45, 7) is 1.51. The van der Waals surface area contributed by atoms with Gasteiger partial charge in [-0.05, 0) is 30.9 Å². The largest absolute Gasteiger partial charge is 0.480 e. The molecule has 0 amide bonds. The molecule has 0 heterocycles. The number of carboxylic acid groups (broad SMARTS) is 1. The number of carboxylic acids is 1. The minimum Gasteiger partial charge on any atom is -0.480 e. The molecule has 0 aliphatic rings. The Bertz CT molecular complexity index is 640. The van der Waals surface area contributed by atoms with Gasteiger partial charge >= 0.3 is 5.97 Å². The molecule has 0 saturated carbocycles. The average molecular weight is 313 g/mol. The SMILES string of the molecule is CC(O)(CCc1ccccc1)C(N)(Cc1ccccc1)C(=O)O. The monoisotopic (exact) mass is 313 g/mol. The van der Waals surface area contributed by atoms with Gasteiger partial charge in [-0.3, -0.25) is 4.79 Å². The van der Waals surface area contributed by atoms with Crippen LogP contribution in [-0.4, -0.2) is 27.3 Å². The van der Waals surface area contributed by atoms with Crippen molar-refractivity contribution in [3.8, 4) is 0 Å². The van der Waals surface area contributed by atoms with E-state index in [-0.39, 0.29) is 12.8 Å². The number of nitrogens with two attached hydrogens (primary N) is 1. The molecule has 2 aromatic rings. The highest BCUT2D eigenvalue weighted by molar-refractivity contribution is 5.80. The highest BCUT2D eigenvalue weighted by Gasteiger charge is 2.50. The topological polar surface area (TPSA) is 83.5 Å². The van der Waals surface area contributed by atoms with E-state index in [2.05, 4.69) is 0 Å². The Kier molecular flexibility index (Phi) is 5.19. The molecule has 2 aromatic carbocycles. The third-order valence-electron chi connectivity index (χ3n) is 4.41. The third kappa shape index (κ3) is 3.97. The Morgan fingerprint density at radius 3 is 1.96 bits per heavy atom. The second kappa shape index (κ2) is 6.94. The molecule has 4 nitrogen and oxygen atoms in total. The van der Waals surface area contributed by atoms with Gasteiger partial charge in [-0.2, -0.15) is 0 Å². The van der Waals surface area contributed by atoms with Gasteiger partial charge in [0.15, 0.2) is 0 Å². The molecule has 0 aromatic heterocycles. The van der Waals surface area contributed by atoms with Crippen molar-refractivity contribution in [1.82, 2.24) is 0 Å². The van der Waals surface area contributed by atoms with E-state index in [0.29, 0.717) is 6.42 Å². The normalized spacial score (nSPS) is 16.3. The third-order valence-corrected chi connectivity index (χ3v) is 4.41. The van der Waals surface area contributed by atoms with Gasteiger partial charge in [0.1, 0.15) is 5.54 Å². The van der Waals surface area contributed by atoms with Crippen LogP contribution in [0.25, 0.3) is 0 Å². The summed E-state index contributed by atoms with van der Waals surface area (Å²) in [4.78, 5) is 11.8. The molecule has 23 heavy (non-hydrogen) atoms. The Morgan fingerprint density at radius 1 is 1.00 bits per heavy atom. The minimum atomic E-state index is -1.75. The smallest absolute Gasteiger partial charge is 0.327 e. The summed E-state index contributed by atoms with van der Waals surface area (Å²) in [5.74, 6) is -1.19. The maximum Gasteiger partial charge on any atom is 0.327 e. The molecule has 4 N–H and O–H groups in total. The van der Waals surface area contributed by atoms with Crippen LogP contribution in [-0.2, 0) is 17.6 Å². The van der Waals surface area contributed by atoms with E-state index in [1.54, 1.807) is 0 Å². The molecule has 0 saturated heterocycles. The second-order valence-electron chi connectivity index (χ2n) is 6.20. The maximum absolute atomic E-state index is 11.8. The van der Waals surface area contributed by atoms with Gasteiger partial charge in [0.05, 0.1) is 5.60 Å². The van der Waals surface area contributed by atoms with Crippen LogP contribution in [0.15, 0.2) is 60.7 Å². The number of aliphatic carboxylic acids is 1. The lowest BCUT2D eigenvalue weighted by Crippen LogP contribution is -2.65. The lowest BCUT2D eigenvalue weighted by Gasteiger charge is -2.39. The summed E-state index contributed by atoms with van der Waals surface area (Å²) in [5.41, 5.74) is 4.71. The molecule has 0 bridgehead atoms. The maximum atomic E-state index is 11.8. The van der Waals surface area contributed by atoms with Crippen LogP contribution in [0.1, 0.15) is 24.5 Å². The number of aryl methyl sites for hydroxylation is 1. The first-order valence-electron chi connectivity index (χ1n) is 7.68. The standard InChI is InChI=1S/C19H23NO3/c1-18(23,13-12-15-8-4-2-5-9-15)19(20,17(21)22)14-16-10-6-3-7-11-16/h2-11,23H,12-14,20H2,1H3,(H,21,22). The molecular weight excluding hydrogens is 290 g/mol. The zero-order valence-corrected chi connectivity index (χ0v) is 13.3. The quantitative estimate of drug-likeness (QED) is 0.733. The van der Waals surface area contributed by atoms with Crippen LogP contribution >= 0.6 is 0 Å². The lowest BCUT2D eigenvalue weighted by molar-refractivity contribution is -0.154. The van der Waals surface area contributed by atoms with E-state index < -0.39 is 17.1 Å². The molecule has 0 aliphatic heterocycles. The predicted octanol–water partition coefficient (Wildman–Crippen LogP) is 2.40. The van der Waals surface area contributed by atoms with Gasteiger partial charge < -0.3 is 15.9 Å². The Balaban J connectivity index is 2.18. The van der Waals surface area contributed by atoms with Crippen LogP contribution in [0.5, 0.6) is 0 Å². The van der Waals surface area contributed by atoms with E-state index >= 15 is 0 Å².